The summed E-state index contributed by atoms with van der Waals surface area (Å²) >= 11 is 0. The minimum atomic E-state index is -0.487. The zero-order valence-corrected chi connectivity index (χ0v) is 9.50. The summed E-state index contributed by atoms with van der Waals surface area (Å²) in [5.74, 6) is 0.218. The van der Waals surface area contributed by atoms with Crippen molar-refractivity contribution in [1.82, 2.24) is 4.90 Å². The highest BCUT2D eigenvalue weighted by atomic mass is 16.2. The van der Waals surface area contributed by atoms with E-state index in [0.29, 0.717) is 0 Å². The van der Waals surface area contributed by atoms with E-state index >= 15 is 0 Å². The highest BCUT2D eigenvalue weighted by molar-refractivity contribution is 5.87. The van der Waals surface area contributed by atoms with Crippen LogP contribution in [0.2, 0.25) is 0 Å². The Morgan fingerprint density at radius 3 is 1.93 bits per heavy atom. The third-order valence-electron chi connectivity index (χ3n) is 3.81. The van der Waals surface area contributed by atoms with Crippen LogP contribution in [0.4, 0.5) is 0 Å². The van der Waals surface area contributed by atoms with Crippen molar-refractivity contribution >= 4 is 5.91 Å². The topological polar surface area (TPSA) is 46.3 Å². The molecule has 1 aliphatic heterocycles. The van der Waals surface area contributed by atoms with E-state index in [9.17, 15) is 4.79 Å². The number of hydrogen-bond acceptors (Lipinski definition) is 2. The number of carbonyl (C=O) groups excluding carboxylic acids is 1. The number of amides is 1. The highest BCUT2D eigenvalue weighted by Crippen LogP contribution is 2.31. The maximum absolute atomic E-state index is 12.2. The van der Waals surface area contributed by atoms with Crippen LogP contribution in [-0.4, -0.2) is 29.4 Å². The number of carbonyl (C=O) groups is 1. The number of nitrogens with zero attached hydrogens (tertiary/aromatic N) is 1. The molecule has 2 fully saturated rings. The molecule has 0 aromatic heterocycles. The van der Waals surface area contributed by atoms with Gasteiger partial charge in [-0.2, -0.15) is 0 Å². The monoisotopic (exact) mass is 210 g/mol. The second-order valence-corrected chi connectivity index (χ2v) is 5.07. The quantitative estimate of drug-likeness (QED) is 0.715. The van der Waals surface area contributed by atoms with Crippen molar-refractivity contribution in [3.63, 3.8) is 0 Å². The fraction of sp³-hybridized carbons (Fsp3) is 0.917. The van der Waals surface area contributed by atoms with Gasteiger partial charge in [-0.15, -0.1) is 0 Å². The minimum absolute atomic E-state index is 0.218. The maximum Gasteiger partial charge on any atom is 0.242 e. The number of nitrogens with two attached hydrogens (primary N) is 1. The Balaban J connectivity index is 1.92. The summed E-state index contributed by atoms with van der Waals surface area (Å²) < 4.78 is 0. The Labute approximate surface area is 92.0 Å². The molecule has 1 amide bonds. The van der Waals surface area contributed by atoms with Crippen LogP contribution in [0.3, 0.4) is 0 Å². The summed E-state index contributed by atoms with van der Waals surface area (Å²) in [6, 6.07) is 0. The molecule has 0 aromatic carbocycles. The van der Waals surface area contributed by atoms with Crippen molar-refractivity contribution in [3.05, 3.63) is 0 Å². The average Bonchev–Trinajstić information content (AvgIpc) is 2.13. The van der Waals surface area contributed by atoms with Crippen molar-refractivity contribution < 1.29 is 4.79 Å². The second kappa shape index (κ2) is 4.52. The lowest BCUT2D eigenvalue weighted by Crippen LogP contribution is -2.59. The van der Waals surface area contributed by atoms with Gasteiger partial charge in [0.1, 0.15) is 0 Å². The van der Waals surface area contributed by atoms with Crippen LogP contribution < -0.4 is 5.73 Å². The van der Waals surface area contributed by atoms with Crippen LogP contribution in [0.25, 0.3) is 0 Å². The zero-order chi connectivity index (χ0) is 10.7. The molecule has 1 saturated carbocycles. The molecule has 2 aliphatic rings. The first-order valence-electron chi connectivity index (χ1n) is 6.31. The molecule has 15 heavy (non-hydrogen) atoms. The Morgan fingerprint density at radius 2 is 1.47 bits per heavy atom. The van der Waals surface area contributed by atoms with E-state index in [1.54, 1.807) is 0 Å². The SMILES string of the molecule is NC1(C(=O)N2CCCCCCC2)CCC1. The van der Waals surface area contributed by atoms with E-state index in [1.807, 2.05) is 4.90 Å². The van der Waals surface area contributed by atoms with Gasteiger partial charge >= 0.3 is 0 Å². The van der Waals surface area contributed by atoms with Gasteiger partial charge in [-0.3, -0.25) is 4.79 Å². The van der Waals surface area contributed by atoms with Crippen LogP contribution in [0.15, 0.2) is 0 Å². The molecule has 86 valence electrons. The van der Waals surface area contributed by atoms with Crippen LogP contribution in [0.5, 0.6) is 0 Å². The average molecular weight is 210 g/mol. The molecule has 3 nitrogen and oxygen atoms in total. The summed E-state index contributed by atoms with van der Waals surface area (Å²) in [6.45, 7) is 1.86. The molecule has 3 heteroatoms. The molecule has 1 aliphatic carbocycles. The third kappa shape index (κ3) is 2.33. The molecule has 1 saturated heterocycles. The van der Waals surface area contributed by atoms with Crippen LogP contribution in [-0.2, 0) is 4.79 Å². The molecule has 1 heterocycles. The van der Waals surface area contributed by atoms with Crippen molar-refractivity contribution in [2.45, 2.75) is 56.9 Å². The van der Waals surface area contributed by atoms with Gasteiger partial charge in [0.15, 0.2) is 0 Å². The molecule has 0 aromatic rings. The van der Waals surface area contributed by atoms with Crippen LogP contribution >= 0.6 is 0 Å². The van der Waals surface area contributed by atoms with Gasteiger partial charge in [-0.25, -0.2) is 0 Å². The van der Waals surface area contributed by atoms with Gasteiger partial charge < -0.3 is 10.6 Å². The van der Waals surface area contributed by atoms with E-state index in [-0.39, 0.29) is 5.91 Å². The summed E-state index contributed by atoms with van der Waals surface area (Å²) in [7, 11) is 0. The van der Waals surface area contributed by atoms with Gasteiger partial charge in [0.25, 0.3) is 0 Å². The largest absolute Gasteiger partial charge is 0.341 e. The summed E-state index contributed by atoms with van der Waals surface area (Å²) in [4.78, 5) is 14.2. The predicted molar refractivity (Wildman–Crippen MR) is 60.4 cm³/mol. The maximum atomic E-state index is 12.2. The van der Waals surface area contributed by atoms with Crippen molar-refractivity contribution in [3.8, 4) is 0 Å². The fourth-order valence-electron chi connectivity index (χ4n) is 2.54. The van der Waals surface area contributed by atoms with E-state index in [1.165, 1.54) is 19.3 Å². The highest BCUT2D eigenvalue weighted by Gasteiger charge is 2.42. The van der Waals surface area contributed by atoms with Crippen LogP contribution in [0, 0.1) is 0 Å². The lowest BCUT2D eigenvalue weighted by Gasteiger charge is -2.40. The van der Waals surface area contributed by atoms with Crippen molar-refractivity contribution in [1.29, 1.82) is 0 Å². The Hall–Kier alpha value is -0.570. The first-order valence-corrected chi connectivity index (χ1v) is 6.31. The molecular weight excluding hydrogens is 188 g/mol. The Morgan fingerprint density at radius 1 is 0.933 bits per heavy atom. The first-order chi connectivity index (χ1) is 7.22. The van der Waals surface area contributed by atoms with E-state index < -0.39 is 5.54 Å². The lowest BCUT2D eigenvalue weighted by molar-refractivity contribution is -0.140. The first kappa shape index (κ1) is 10.9. The smallest absolute Gasteiger partial charge is 0.242 e. The normalized spacial score (nSPS) is 26.3. The third-order valence-corrected chi connectivity index (χ3v) is 3.81. The fourth-order valence-corrected chi connectivity index (χ4v) is 2.54. The predicted octanol–water partition coefficient (Wildman–Crippen LogP) is 1.66. The molecule has 0 radical (unpaired) electrons. The van der Waals surface area contributed by atoms with Gasteiger partial charge in [0.2, 0.25) is 5.91 Å². The molecule has 0 bridgehead atoms. The minimum Gasteiger partial charge on any atom is -0.341 e. The molecule has 0 spiro atoms. The summed E-state index contributed by atoms with van der Waals surface area (Å²) in [6.07, 6.45) is 9.07. The molecule has 2 N–H and O–H groups in total. The number of rotatable bonds is 1. The second-order valence-electron chi connectivity index (χ2n) is 5.07. The molecule has 2 rings (SSSR count). The van der Waals surface area contributed by atoms with E-state index in [4.69, 9.17) is 5.73 Å². The molecular formula is C12H22N2O. The zero-order valence-electron chi connectivity index (χ0n) is 9.50. The Bertz CT molecular complexity index is 228. The molecule has 0 atom stereocenters. The number of likely N-dealkylation sites (tertiary alicyclic amines) is 1. The van der Waals surface area contributed by atoms with Gasteiger partial charge in [0.05, 0.1) is 5.54 Å². The van der Waals surface area contributed by atoms with Gasteiger partial charge in [-0.1, -0.05) is 19.3 Å². The van der Waals surface area contributed by atoms with Crippen molar-refractivity contribution in [2.24, 2.45) is 5.73 Å². The Kier molecular flexibility index (Phi) is 3.29. The summed E-state index contributed by atoms with van der Waals surface area (Å²) in [5.41, 5.74) is 5.59. The molecule has 0 unspecified atom stereocenters. The van der Waals surface area contributed by atoms with Crippen molar-refractivity contribution in [2.75, 3.05) is 13.1 Å². The van der Waals surface area contributed by atoms with Gasteiger partial charge in [-0.05, 0) is 32.1 Å². The standard InChI is InChI=1S/C12H22N2O/c13-12(7-6-8-12)11(15)14-9-4-2-1-3-5-10-14/h1-10,13H2. The number of hydrogen-bond donors (Lipinski definition) is 1. The summed E-state index contributed by atoms with van der Waals surface area (Å²) in [5, 5.41) is 0. The van der Waals surface area contributed by atoms with Crippen LogP contribution in [0.1, 0.15) is 51.4 Å². The van der Waals surface area contributed by atoms with Gasteiger partial charge in [0, 0.05) is 13.1 Å². The van der Waals surface area contributed by atoms with E-state index in [2.05, 4.69) is 0 Å². The lowest BCUT2D eigenvalue weighted by atomic mass is 9.76. The van der Waals surface area contributed by atoms with E-state index in [0.717, 1.165) is 45.2 Å².